The van der Waals surface area contributed by atoms with Gasteiger partial charge in [0.25, 0.3) is 0 Å². The van der Waals surface area contributed by atoms with E-state index in [4.69, 9.17) is 0 Å². The van der Waals surface area contributed by atoms with Gasteiger partial charge in [-0.05, 0) is 68.4 Å². The van der Waals surface area contributed by atoms with Gasteiger partial charge in [0.15, 0.2) is 5.82 Å². The second-order valence-electron chi connectivity index (χ2n) is 9.57. The predicted octanol–water partition coefficient (Wildman–Crippen LogP) is 4.21. The lowest BCUT2D eigenvalue weighted by Crippen LogP contribution is -2.34. The number of amides is 1. The molecule has 2 aromatic heterocycles. The van der Waals surface area contributed by atoms with Gasteiger partial charge in [0.2, 0.25) is 6.41 Å². The monoisotopic (exact) mass is 477 g/mol. The number of anilines is 1. The van der Waals surface area contributed by atoms with Crippen molar-refractivity contribution in [1.29, 1.82) is 0 Å². The minimum Gasteiger partial charge on any atom is -0.311 e. The van der Waals surface area contributed by atoms with E-state index in [1.165, 1.54) is 11.1 Å². The van der Waals surface area contributed by atoms with E-state index >= 15 is 0 Å². The highest BCUT2D eigenvalue weighted by molar-refractivity contribution is 5.96. The molecule has 0 bridgehead atoms. The van der Waals surface area contributed by atoms with Crippen molar-refractivity contribution in [2.24, 2.45) is 0 Å². The standard InChI is InChI=1S/C28H27N7O/c1-34(2)16-26-29-28(33-31-26)21-10-11-25-24(15-21)27(32-30-25)20-8-5-9-22(14-20)35(17-36)23-12-18-6-3-4-7-19(18)13-23/h3-11,14-15,17,23H,12-13,16H2,1-2H3,(H,30,32)(H,29,31,33). The van der Waals surface area contributed by atoms with Crippen LogP contribution in [0.5, 0.6) is 0 Å². The quantitative estimate of drug-likeness (QED) is 0.343. The lowest BCUT2D eigenvalue weighted by molar-refractivity contribution is -0.107. The van der Waals surface area contributed by atoms with Gasteiger partial charge in [-0.2, -0.15) is 10.2 Å². The van der Waals surface area contributed by atoms with Crippen molar-refractivity contribution in [1.82, 2.24) is 30.3 Å². The molecular formula is C28H27N7O. The SMILES string of the molecule is CN(C)Cc1nc(-c2ccc3[nH]nc(-c4cccc(N(C=O)C5Cc6ccccc6C5)c4)c3c2)n[nH]1. The molecule has 36 heavy (non-hydrogen) atoms. The first-order chi connectivity index (χ1) is 17.6. The van der Waals surface area contributed by atoms with Crippen LogP contribution in [0.2, 0.25) is 0 Å². The molecule has 3 aromatic carbocycles. The first-order valence-electron chi connectivity index (χ1n) is 12.0. The molecule has 0 spiro atoms. The summed E-state index contributed by atoms with van der Waals surface area (Å²) < 4.78 is 0. The third-order valence-electron chi connectivity index (χ3n) is 6.77. The van der Waals surface area contributed by atoms with Crippen LogP contribution in [-0.4, -0.2) is 56.8 Å². The van der Waals surface area contributed by atoms with Crippen LogP contribution in [0.3, 0.4) is 0 Å². The summed E-state index contributed by atoms with van der Waals surface area (Å²) >= 11 is 0. The number of benzene rings is 3. The molecule has 0 saturated carbocycles. The summed E-state index contributed by atoms with van der Waals surface area (Å²) in [5, 5.41) is 16.2. The minimum absolute atomic E-state index is 0.111. The fourth-order valence-electron chi connectivity index (χ4n) is 5.07. The molecule has 2 heterocycles. The Bertz CT molecular complexity index is 1530. The third-order valence-corrected chi connectivity index (χ3v) is 6.77. The molecule has 0 radical (unpaired) electrons. The molecule has 1 aliphatic carbocycles. The molecule has 0 unspecified atom stereocenters. The van der Waals surface area contributed by atoms with E-state index in [-0.39, 0.29) is 6.04 Å². The molecule has 0 saturated heterocycles. The summed E-state index contributed by atoms with van der Waals surface area (Å²) in [6.07, 6.45) is 2.67. The Morgan fingerprint density at radius 3 is 2.47 bits per heavy atom. The molecule has 0 fully saturated rings. The Morgan fingerprint density at radius 2 is 1.72 bits per heavy atom. The average molecular weight is 478 g/mol. The van der Waals surface area contributed by atoms with E-state index in [1.54, 1.807) is 0 Å². The summed E-state index contributed by atoms with van der Waals surface area (Å²) in [4.78, 5) is 20.7. The Morgan fingerprint density at radius 1 is 0.917 bits per heavy atom. The first kappa shape index (κ1) is 22.2. The number of rotatable bonds is 7. The van der Waals surface area contributed by atoms with Crippen molar-refractivity contribution in [2.75, 3.05) is 19.0 Å². The van der Waals surface area contributed by atoms with Crippen LogP contribution in [0.25, 0.3) is 33.5 Å². The Kier molecular flexibility index (Phi) is 5.58. The van der Waals surface area contributed by atoms with Gasteiger partial charge in [-0.3, -0.25) is 15.0 Å². The van der Waals surface area contributed by atoms with Gasteiger partial charge in [-0.1, -0.05) is 36.4 Å². The van der Waals surface area contributed by atoms with Crippen LogP contribution in [0.1, 0.15) is 17.0 Å². The van der Waals surface area contributed by atoms with E-state index in [9.17, 15) is 4.79 Å². The second-order valence-corrected chi connectivity index (χ2v) is 9.57. The number of aromatic nitrogens is 5. The fraction of sp³-hybridized carbons (Fsp3) is 0.214. The van der Waals surface area contributed by atoms with Gasteiger partial charge < -0.3 is 9.80 Å². The topological polar surface area (TPSA) is 93.8 Å². The molecule has 180 valence electrons. The Balaban J connectivity index is 1.32. The van der Waals surface area contributed by atoms with Crippen molar-refractivity contribution in [3.63, 3.8) is 0 Å². The van der Waals surface area contributed by atoms with Crippen molar-refractivity contribution in [3.8, 4) is 22.6 Å². The van der Waals surface area contributed by atoms with Crippen LogP contribution in [0.15, 0.2) is 66.7 Å². The largest absolute Gasteiger partial charge is 0.311 e. The summed E-state index contributed by atoms with van der Waals surface area (Å²) in [5.41, 5.74) is 7.13. The lowest BCUT2D eigenvalue weighted by Gasteiger charge is -2.25. The zero-order chi connectivity index (χ0) is 24.6. The number of nitrogens with zero attached hydrogens (tertiary/aromatic N) is 5. The Hall–Kier alpha value is -4.30. The van der Waals surface area contributed by atoms with E-state index in [0.29, 0.717) is 12.4 Å². The highest BCUT2D eigenvalue weighted by atomic mass is 16.1. The predicted molar refractivity (Wildman–Crippen MR) is 140 cm³/mol. The zero-order valence-electron chi connectivity index (χ0n) is 20.3. The summed E-state index contributed by atoms with van der Waals surface area (Å²) in [6.45, 7) is 0.693. The summed E-state index contributed by atoms with van der Waals surface area (Å²) in [5.74, 6) is 1.47. The molecule has 8 heteroatoms. The number of carbonyl (C=O) groups is 1. The van der Waals surface area contributed by atoms with Crippen LogP contribution >= 0.6 is 0 Å². The van der Waals surface area contributed by atoms with Crippen molar-refractivity contribution in [3.05, 3.63) is 83.7 Å². The maximum absolute atomic E-state index is 12.2. The first-order valence-corrected chi connectivity index (χ1v) is 12.0. The van der Waals surface area contributed by atoms with Gasteiger partial charge in [-0.25, -0.2) is 4.98 Å². The van der Waals surface area contributed by atoms with E-state index in [1.807, 2.05) is 60.3 Å². The maximum Gasteiger partial charge on any atom is 0.214 e. The van der Waals surface area contributed by atoms with Crippen molar-refractivity contribution >= 4 is 23.0 Å². The lowest BCUT2D eigenvalue weighted by atomic mass is 10.0. The summed E-state index contributed by atoms with van der Waals surface area (Å²) in [6, 6.07) is 22.6. The molecule has 0 atom stereocenters. The Labute approximate surface area is 209 Å². The number of hydrogen-bond donors (Lipinski definition) is 2. The second kappa shape index (κ2) is 9.05. The van der Waals surface area contributed by atoms with Crippen LogP contribution in [0, 0.1) is 0 Å². The molecule has 2 N–H and O–H groups in total. The van der Waals surface area contributed by atoms with Crippen LogP contribution < -0.4 is 4.90 Å². The maximum atomic E-state index is 12.2. The number of carbonyl (C=O) groups excluding carboxylic acids is 1. The zero-order valence-corrected chi connectivity index (χ0v) is 20.3. The van der Waals surface area contributed by atoms with Gasteiger partial charge >= 0.3 is 0 Å². The molecule has 1 amide bonds. The number of fused-ring (bicyclic) bond motifs is 2. The molecule has 5 aromatic rings. The van der Waals surface area contributed by atoms with Crippen molar-refractivity contribution < 1.29 is 4.79 Å². The average Bonchev–Trinajstić information content (AvgIpc) is 3.62. The number of nitrogens with one attached hydrogen (secondary N) is 2. The molecule has 1 aliphatic rings. The number of aromatic amines is 2. The minimum atomic E-state index is 0.111. The van der Waals surface area contributed by atoms with Crippen molar-refractivity contribution in [2.45, 2.75) is 25.4 Å². The number of hydrogen-bond acceptors (Lipinski definition) is 5. The van der Waals surface area contributed by atoms with Gasteiger partial charge in [0.1, 0.15) is 5.82 Å². The van der Waals surface area contributed by atoms with Crippen LogP contribution in [-0.2, 0) is 24.2 Å². The van der Waals surface area contributed by atoms with Crippen LogP contribution in [0.4, 0.5) is 5.69 Å². The van der Waals surface area contributed by atoms with Gasteiger partial charge in [0.05, 0.1) is 17.8 Å². The highest BCUT2D eigenvalue weighted by Gasteiger charge is 2.27. The smallest absolute Gasteiger partial charge is 0.214 e. The molecule has 0 aliphatic heterocycles. The molecular weight excluding hydrogens is 450 g/mol. The highest BCUT2D eigenvalue weighted by Crippen LogP contribution is 2.33. The normalized spacial score (nSPS) is 13.4. The number of H-pyrrole nitrogens is 2. The summed E-state index contributed by atoms with van der Waals surface area (Å²) in [7, 11) is 3.99. The van der Waals surface area contributed by atoms with Gasteiger partial charge in [-0.15, -0.1) is 0 Å². The molecule has 8 nitrogen and oxygen atoms in total. The third kappa shape index (κ3) is 4.05. The molecule has 6 rings (SSSR count). The van der Waals surface area contributed by atoms with Gasteiger partial charge in [0, 0.05) is 28.2 Å². The van der Waals surface area contributed by atoms with E-state index in [0.717, 1.165) is 58.5 Å². The van der Waals surface area contributed by atoms with E-state index in [2.05, 4.69) is 55.7 Å². The fourth-order valence-corrected chi connectivity index (χ4v) is 5.07. The van der Waals surface area contributed by atoms with E-state index < -0.39 is 0 Å².